The molecule has 0 fully saturated rings. The summed E-state index contributed by atoms with van der Waals surface area (Å²) in [5.74, 6) is -1.89. The average Bonchev–Trinajstić information content (AvgIpc) is 2.63. The van der Waals surface area contributed by atoms with E-state index in [4.69, 9.17) is 28.0 Å². The van der Waals surface area contributed by atoms with E-state index in [0.717, 1.165) is 5.06 Å². The maximum absolute atomic E-state index is 12.7. The highest BCUT2D eigenvalue weighted by Gasteiger charge is 2.39. The molecule has 0 aromatic heterocycles. The van der Waals surface area contributed by atoms with E-state index < -0.39 is 17.7 Å². The summed E-state index contributed by atoms with van der Waals surface area (Å²) in [6.07, 6.45) is 1.33. The topological polar surface area (TPSA) is 68.2 Å². The molecule has 1 aliphatic heterocycles. The summed E-state index contributed by atoms with van der Waals surface area (Å²) >= 11 is 12.0. The van der Waals surface area contributed by atoms with Gasteiger partial charge in [-0.15, -0.1) is 5.06 Å². The SMILES string of the molecule is CON=CC1C(=O)N(OCc2ccc(Cl)cc2Cl)C(=O)c2ccccc21. The van der Waals surface area contributed by atoms with Crippen molar-refractivity contribution in [2.24, 2.45) is 5.16 Å². The summed E-state index contributed by atoms with van der Waals surface area (Å²) in [7, 11) is 1.37. The Morgan fingerprint density at radius 1 is 1.19 bits per heavy atom. The van der Waals surface area contributed by atoms with Crippen LogP contribution in [0.25, 0.3) is 0 Å². The minimum atomic E-state index is -0.787. The molecule has 3 rings (SSSR count). The molecule has 26 heavy (non-hydrogen) atoms. The van der Waals surface area contributed by atoms with Gasteiger partial charge >= 0.3 is 0 Å². The van der Waals surface area contributed by atoms with Crippen LogP contribution in [0.4, 0.5) is 0 Å². The third-order valence-corrected chi connectivity index (χ3v) is 4.44. The Morgan fingerprint density at radius 2 is 1.96 bits per heavy atom. The first-order valence-corrected chi connectivity index (χ1v) is 8.39. The molecule has 8 heteroatoms. The van der Waals surface area contributed by atoms with E-state index in [1.54, 1.807) is 42.5 Å². The summed E-state index contributed by atoms with van der Waals surface area (Å²) in [6.45, 7) is -0.0657. The number of carbonyl (C=O) groups excluding carboxylic acids is 2. The Kier molecular flexibility index (Phi) is 5.56. The molecule has 2 aromatic carbocycles. The number of amides is 2. The van der Waals surface area contributed by atoms with E-state index in [9.17, 15) is 9.59 Å². The van der Waals surface area contributed by atoms with Crippen molar-refractivity contribution < 1.29 is 19.3 Å². The number of carbonyl (C=O) groups is 2. The van der Waals surface area contributed by atoms with E-state index in [1.807, 2.05) is 0 Å². The lowest BCUT2D eigenvalue weighted by atomic mass is 9.90. The van der Waals surface area contributed by atoms with Crippen molar-refractivity contribution in [3.8, 4) is 0 Å². The second kappa shape index (κ2) is 7.86. The maximum atomic E-state index is 12.7. The first-order chi connectivity index (χ1) is 12.5. The molecule has 2 aromatic rings. The zero-order valence-corrected chi connectivity index (χ0v) is 15.2. The van der Waals surface area contributed by atoms with Gasteiger partial charge in [0.1, 0.15) is 19.6 Å². The fourth-order valence-electron chi connectivity index (χ4n) is 2.59. The minimum absolute atomic E-state index is 0.0657. The molecule has 1 unspecified atom stereocenters. The molecule has 2 amide bonds. The molecule has 0 bridgehead atoms. The van der Waals surface area contributed by atoms with Crippen molar-refractivity contribution in [3.63, 3.8) is 0 Å². The molecule has 0 aliphatic carbocycles. The van der Waals surface area contributed by atoms with Crippen LogP contribution in [0.1, 0.15) is 27.4 Å². The number of rotatable bonds is 5. The van der Waals surface area contributed by atoms with Gasteiger partial charge in [-0.25, -0.2) is 0 Å². The molecular weight excluding hydrogens is 379 g/mol. The fourth-order valence-corrected chi connectivity index (χ4v) is 3.06. The highest BCUT2D eigenvalue weighted by Crippen LogP contribution is 2.29. The van der Waals surface area contributed by atoms with Gasteiger partial charge in [0, 0.05) is 15.6 Å². The van der Waals surface area contributed by atoms with E-state index in [2.05, 4.69) is 9.99 Å². The monoisotopic (exact) mass is 392 g/mol. The molecule has 6 nitrogen and oxygen atoms in total. The normalized spacial score (nSPS) is 16.9. The number of nitrogens with zero attached hydrogens (tertiary/aromatic N) is 2. The van der Waals surface area contributed by atoms with Crippen LogP contribution < -0.4 is 0 Å². The van der Waals surface area contributed by atoms with Crippen LogP contribution in [-0.2, 0) is 21.1 Å². The number of imide groups is 1. The van der Waals surface area contributed by atoms with Crippen molar-refractivity contribution in [2.45, 2.75) is 12.5 Å². The van der Waals surface area contributed by atoms with Gasteiger partial charge in [-0.3, -0.25) is 14.4 Å². The fraction of sp³-hybridized carbons (Fsp3) is 0.167. The van der Waals surface area contributed by atoms with Crippen molar-refractivity contribution in [1.29, 1.82) is 0 Å². The van der Waals surface area contributed by atoms with Gasteiger partial charge in [0.25, 0.3) is 11.8 Å². The molecule has 0 spiro atoms. The quantitative estimate of drug-likeness (QED) is 0.440. The summed E-state index contributed by atoms with van der Waals surface area (Å²) in [5.41, 5.74) is 1.51. The molecule has 0 N–H and O–H groups in total. The lowest BCUT2D eigenvalue weighted by Gasteiger charge is -2.29. The number of hydrogen-bond donors (Lipinski definition) is 0. The largest absolute Gasteiger partial charge is 0.399 e. The predicted molar refractivity (Wildman–Crippen MR) is 97.1 cm³/mol. The summed E-state index contributed by atoms with van der Waals surface area (Å²) in [6, 6.07) is 11.7. The van der Waals surface area contributed by atoms with Gasteiger partial charge in [0.2, 0.25) is 0 Å². The molecule has 0 saturated carbocycles. The molecule has 0 radical (unpaired) electrons. The van der Waals surface area contributed by atoms with Crippen LogP contribution in [0.5, 0.6) is 0 Å². The van der Waals surface area contributed by atoms with Crippen LogP contribution in [0.2, 0.25) is 10.0 Å². The number of hydrogen-bond acceptors (Lipinski definition) is 5. The van der Waals surface area contributed by atoms with Gasteiger partial charge in [0.15, 0.2) is 0 Å². The van der Waals surface area contributed by atoms with Crippen molar-refractivity contribution in [2.75, 3.05) is 7.11 Å². The third-order valence-electron chi connectivity index (χ3n) is 3.86. The van der Waals surface area contributed by atoms with Gasteiger partial charge in [0.05, 0.1) is 6.21 Å². The second-order valence-electron chi connectivity index (χ2n) is 5.45. The number of halogens is 2. The first-order valence-electron chi connectivity index (χ1n) is 7.63. The van der Waals surface area contributed by atoms with Crippen molar-refractivity contribution in [3.05, 3.63) is 69.2 Å². The Morgan fingerprint density at radius 3 is 2.69 bits per heavy atom. The van der Waals surface area contributed by atoms with E-state index in [1.165, 1.54) is 13.3 Å². The van der Waals surface area contributed by atoms with Crippen molar-refractivity contribution in [1.82, 2.24) is 5.06 Å². The molecular formula is C18H14Cl2N2O4. The molecule has 1 aliphatic rings. The zero-order valence-electron chi connectivity index (χ0n) is 13.7. The van der Waals surface area contributed by atoms with E-state index >= 15 is 0 Å². The van der Waals surface area contributed by atoms with Gasteiger partial charge in [-0.1, -0.05) is 52.6 Å². The Labute approximate surface area is 159 Å². The average molecular weight is 393 g/mol. The molecule has 0 saturated heterocycles. The van der Waals surface area contributed by atoms with Crippen molar-refractivity contribution >= 4 is 41.2 Å². The second-order valence-corrected chi connectivity index (χ2v) is 6.29. The highest BCUT2D eigenvalue weighted by atomic mass is 35.5. The van der Waals surface area contributed by atoms with Crippen LogP contribution >= 0.6 is 23.2 Å². The number of hydroxylamine groups is 2. The summed E-state index contributed by atoms with van der Waals surface area (Å²) in [4.78, 5) is 35.6. The number of oxime groups is 1. The lowest BCUT2D eigenvalue weighted by molar-refractivity contribution is -0.174. The Hall–Kier alpha value is -2.41. The lowest BCUT2D eigenvalue weighted by Crippen LogP contribution is -2.45. The maximum Gasteiger partial charge on any atom is 0.285 e. The predicted octanol–water partition coefficient (Wildman–Crippen LogP) is 3.82. The van der Waals surface area contributed by atoms with Crippen LogP contribution in [0.15, 0.2) is 47.6 Å². The van der Waals surface area contributed by atoms with Gasteiger partial charge in [-0.05, 0) is 29.3 Å². The highest BCUT2D eigenvalue weighted by molar-refractivity contribution is 6.35. The first kappa shape index (κ1) is 18.4. The minimum Gasteiger partial charge on any atom is -0.399 e. The number of benzene rings is 2. The van der Waals surface area contributed by atoms with Crippen LogP contribution in [-0.4, -0.2) is 30.2 Å². The van der Waals surface area contributed by atoms with Crippen LogP contribution in [0.3, 0.4) is 0 Å². The smallest absolute Gasteiger partial charge is 0.285 e. The number of fused-ring (bicyclic) bond motifs is 1. The third kappa shape index (κ3) is 3.58. The van der Waals surface area contributed by atoms with Gasteiger partial charge in [-0.2, -0.15) is 0 Å². The summed E-state index contributed by atoms with van der Waals surface area (Å²) < 4.78 is 0. The summed E-state index contributed by atoms with van der Waals surface area (Å²) in [5, 5.41) is 5.27. The van der Waals surface area contributed by atoms with E-state index in [-0.39, 0.29) is 6.61 Å². The van der Waals surface area contributed by atoms with Gasteiger partial charge < -0.3 is 4.84 Å². The Balaban J connectivity index is 1.88. The van der Waals surface area contributed by atoms with Crippen LogP contribution in [0, 0.1) is 0 Å². The molecule has 1 heterocycles. The standard InChI is InChI=1S/C18H14Cl2N2O4/c1-25-21-9-15-13-4-2-3-5-14(13)17(23)22(18(15)24)26-10-11-6-7-12(19)8-16(11)20/h2-9,15H,10H2,1H3. The molecule has 134 valence electrons. The van der Waals surface area contributed by atoms with E-state index in [0.29, 0.717) is 26.7 Å². The Bertz CT molecular complexity index is 885. The molecule has 1 atom stereocenters. The zero-order chi connectivity index (χ0) is 18.7.